The Morgan fingerprint density at radius 3 is 2.42 bits per heavy atom. The third-order valence-corrected chi connectivity index (χ3v) is 4.56. The van der Waals surface area contributed by atoms with Gasteiger partial charge >= 0.3 is 0 Å². The Morgan fingerprint density at radius 1 is 0.968 bits per heavy atom. The monoisotopic (exact) mass is 439 g/mol. The fourth-order valence-corrected chi connectivity index (χ4v) is 3.00. The van der Waals surface area contributed by atoms with Crippen molar-refractivity contribution in [3.63, 3.8) is 0 Å². The van der Waals surface area contributed by atoms with E-state index in [0.29, 0.717) is 28.4 Å². The van der Waals surface area contributed by atoms with E-state index in [2.05, 4.69) is 16.0 Å². The molecule has 9 heteroatoms. The maximum atomic E-state index is 12.6. The molecule has 8 nitrogen and oxygen atoms in total. The van der Waals surface area contributed by atoms with Gasteiger partial charge in [0.1, 0.15) is 11.5 Å². The number of nitrogens with one attached hydrogen (secondary N) is 3. The molecule has 0 unspecified atom stereocenters. The van der Waals surface area contributed by atoms with Crippen LogP contribution in [0.2, 0.25) is 0 Å². The molecule has 3 rings (SSSR count). The molecule has 0 saturated heterocycles. The summed E-state index contributed by atoms with van der Waals surface area (Å²) in [7, 11) is 3.00. The van der Waals surface area contributed by atoms with Crippen molar-refractivity contribution < 1.29 is 23.5 Å². The Kier molecular flexibility index (Phi) is 6.88. The van der Waals surface area contributed by atoms with Gasteiger partial charge in [-0.2, -0.15) is 0 Å². The normalized spacial score (nSPS) is 10.2. The summed E-state index contributed by atoms with van der Waals surface area (Å²) in [6.07, 6.45) is 1.44. The number of ether oxygens (including phenoxy) is 2. The summed E-state index contributed by atoms with van der Waals surface area (Å²) in [5, 5.41) is 8.48. The number of thiocarbonyl (C=S) groups is 1. The highest BCUT2D eigenvalue weighted by Gasteiger charge is 2.15. The minimum absolute atomic E-state index is 0.120. The highest BCUT2D eigenvalue weighted by molar-refractivity contribution is 7.80. The largest absolute Gasteiger partial charge is 0.497 e. The molecule has 0 fully saturated rings. The summed E-state index contributed by atoms with van der Waals surface area (Å²) in [5.74, 6) is 0.400. The van der Waals surface area contributed by atoms with Crippen LogP contribution in [-0.4, -0.2) is 31.1 Å². The van der Waals surface area contributed by atoms with E-state index < -0.39 is 5.91 Å². The molecule has 0 aliphatic rings. The molecule has 1 aromatic heterocycles. The van der Waals surface area contributed by atoms with Crippen LogP contribution in [0.25, 0.3) is 0 Å². The zero-order valence-corrected chi connectivity index (χ0v) is 18.0. The number of hydrogen-bond donors (Lipinski definition) is 3. The SMILES string of the molecule is COc1ccc(C(=O)NC(=S)Nc2ccc(NC(=O)c3ccco3)c(C)c2)c(OC)c1. The highest BCUT2D eigenvalue weighted by Crippen LogP contribution is 2.25. The van der Waals surface area contributed by atoms with Crippen molar-refractivity contribution >= 4 is 40.5 Å². The second-order valence-electron chi connectivity index (χ2n) is 6.44. The molecule has 0 bridgehead atoms. The molecule has 31 heavy (non-hydrogen) atoms. The van der Waals surface area contributed by atoms with Crippen LogP contribution < -0.4 is 25.4 Å². The van der Waals surface area contributed by atoms with Crippen molar-refractivity contribution in [2.45, 2.75) is 6.92 Å². The molecule has 0 radical (unpaired) electrons. The molecule has 2 aromatic carbocycles. The first-order chi connectivity index (χ1) is 14.9. The number of hydrogen-bond acceptors (Lipinski definition) is 6. The molecule has 160 valence electrons. The quantitative estimate of drug-likeness (QED) is 0.499. The number of carbonyl (C=O) groups is 2. The lowest BCUT2D eigenvalue weighted by atomic mass is 10.1. The van der Waals surface area contributed by atoms with Gasteiger partial charge in [0.05, 0.1) is 26.0 Å². The summed E-state index contributed by atoms with van der Waals surface area (Å²) >= 11 is 5.25. The van der Waals surface area contributed by atoms with Crippen molar-refractivity contribution in [2.24, 2.45) is 0 Å². The van der Waals surface area contributed by atoms with E-state index in [9.17, 15) is 9.59 Å². The molecule has 2 amide bonds. The van der Waals surface area contributed by atoms with Gasteiger partial charge < -0.3 is 24.5 Å². The topological polar surface area (TPSA) is 102 Å². The maximum absolute atomic E-state index is 12.6. The van der Waals surface area contributed by atoms with E-state index >= 15 is 0 Å². The minimum Gasteiger partial charge on any atom is -0.497 e. The molecule has 3 aromatic rings. The van der Waals surface area contributed by atoms with Crippen LogP contribution >= 0.6 is 12.2 Å². The maximum Gasteiger partial charge on any atom is 0.291 e. The standard InChI is InChI=1S/C22H21N3O5S/c1-13-11-14(6-9-17(13)24-21(27)18-5-4-10-30-18)23-22(31)25-20(26)16-8-7-15(28-2)12-19(16)29-3/h4-12H,1-3H3,(H,24,27)(H2,23,25,26,31). The van der Waals surface area contributed by atoms with Gasteiger partial charge in [0.15, 0.2) is 10.9 Å². The fraction of sp³-hybridized carbons (Fsp3) is 0.136. The van der Waals surface area contributed by atoms with Crippen LogP contribution in [0.4, 0.5) is 11.4 Å². The Morgan fingerprint density at radius 2 is 1.77 bits per heavy atom. The Bertz CT molecular complexity index is 1110. The van der Waals surface area contributed by atoms with Gasteiger partial charge in [-0.3, -0.25) is 14.9 Å². The smallest absolute Gasteiger partial charge is 0.291 e. The number of carbonyl (C=O) groups excluding carboxylic acids is 2. The predicted octanol–water partition coefficient (Wildman–Crippen LogP) is 3.98. The van der Waals surface area contributed by atoms with Crippen LogP contribution in [0.1, 0.15) is 26.5 Å². The van der Waals surface area contributed by atoms with E-state index in [1.807, 2.05) is 6.92 Å². The van der Waals surface area contributed by atoms with Crippen molar-refractivity contribution in [3.8, 4) is 11.5 Å². The summed E-state index contributed by atoms with van der Waals surface area (Å²) < 4.78 is 15.5. The molecule has 0 aliphatic carbocycles. The van der Waals surface area contributed by atoms with Crippen molar-refractivity contribution in [2.75, 3.05) is 24.9 Å². The zero-order chi connectivity index (χ0) is 22.4. The van der Waals surface area contributed by atoms with Gasteiger partial charge in [0, 0.05) is 17.4 Å². The number of aryl methyl sites for hydroxylation is 1. The van der Waals surface area contributed by atoms with Crippen LogP contribution in [0.15, 0.2) is 59.2 Å². The van der Waals surface area contributed by atoms with Gasteiger partial charge in [-0.1, -0.05) is 0 Å². The van der Waals surface area contributed by atoms with Crippen molar-refractivity contribution in [1.82, 2.24) is 5.32 Å². The van der Waals surface area contributed by atoms with Crippen LogP contribution in [0, 0.1) is 6.92 Å². The molecule has 0 aliphatic heterocycles. The average Bonchev–Trinajstić information content (AvgIpc) is 3.30. The van der Waals surface area contributed by atoms with Gasteiger partial charge in [-0.05, 0) is 67.2 Å². The Balaban J connectivity index is 1.63. The second-order valence-corrected chi connectivity index (χ2v) is 6.84. The van der Waals surface area contributed by atoms with Crippen LogP contribution in [-0.2, 0) is 0 Å². The summed E-state index contributed by atoms with van der Waals surface area (Å²) in [4.78, 5) is 24.7. The molecular weight excluding hydrogens is 418 g/mol. The lowest BCUT2D eigenvalue weighted by Crippen LogP contribution is -2.34. The molecule has 0 spiro atoms. The number of amides is 2. The van der Waals surface area contributed by atoms with E-state index in [4.69, 9.17) is 26.1 Å². The Hall–Kier alpha value is -3.85. The van der Waals surface area contributed by atoms with E-state index in [0.717, 1.165) is 5.56 Å². The van der Waals surface area contributed by atoms with Gasteiger partial charge in [-0.25, -0.2) is 0 Å². The van der Waals surface area contributed by atoms with Crippen LogP contribution in [0.3, 0.4) is 0 Å². The first-order valence-electron chi connectivity index (χ1n) is 9.21. The number of methoxy groups -OCH3 is 2. The minimum atomic E-state index is -0.420. The number of benzene rings is 2. The molecule has 0 saturated carbocycles. The van der Waals surface area contributed by atoms with Gasteiger partial charge in [0.2, 0.25) is 0 Å². The third-order valence-electron chi connectivity index (χ3n) is 4.36. The third kappa shape index (κ3) is 5.40. The Labute approximate surface area is 184 Å². The van der Waals surface area contributed by atoms with Crippen LogP contribution in [0.5, 0.6) is 11.5 Å². The summed E-state index contributed by atoms with van der Waals surface area (Å²) in [6.45, 7) is 1.84. The van der Waals surface area contributed by atoms with E-state index in [-0.39, 0.29) is 16.8 Å². The summed E-state index contributed by atoms with van der Waals surface area (Å²) in [5.41, 5.74) is 2.40. The number of anilines is 2. The van der Waals surface area contributed by atoms with E-state index in [1.54, 1.807) is 48.5 Å². The van der Waals surface area contributed by atoms with Crippen molar-refractivity contribution in [3.05, 3.63) is 71.7 Å². The fourth-order valence-electron chi connectivity index (χ4n) is 2.79. The first-order valence-corrected chi connectivity index (χ1v) is 9.62. The predicted molar refractivity (Wildman–Crippen MR) is 121 cm³/mol. The molecular formula is C22H21N3O5S. The van der Waals surface area contributed by atoms with E-state index in [1.165, 1.54) is 20.5 Å². The molecule has 3 N–H and O–H groups in total. The molecule has 0 atom stereocenters. The number of furan rings is 1. The lowest BCUT2D eigenvalue weighted by Gasteiger charge is -2.14. The van der Waals surface area contributed by atoms with Crippen molar-refractivity contribution in [1.29, 1.82) is 0 Å². The van der Waals surface area contributed by atoms with Gasteiger partial charge in [0.25, 0.3) is 11.8 Å². The molecule has 1 heterocycles. The van der Waals surface area contributed by atoms with Gasteiger partial charge in [-0.15, -0.1) is 0 Å². The lowest BCUT2D eigenvalue weighted by molar-refractivity contribution is 0.0972. The highest BCUT2D eigenvalue weighted by atomic mass is 32.1. The zero-order valence-electron chi connectivity index (χ0n) is 17.1. The average molecular weight is 439 g/mol. The summed E-state index contributed by atoms with van der Waals surface area (Å²) in [6, 6.07) is 13.4. The first kappa shape index (κ1) is 21.8. The number of rotatable bonds is 6. The second kappa shape index (κ2) is 9.77.